The lowest BCUT2D eigenvalue weighted by Crippen LogP contribution is -2.49. The van der Waals surface area contributed by atoms with E-state index in [0.29, 0.717) is 10.8 Å². The first-order valence-electron chi connectivity index (χ1n) is 12.0. The van der Waals surface area contributed by atoms with E-state index in [1.807, 2.05) is 12.1 Å². The zero-order chi connectivity index (χ0) is 24.2. The third-order valence-electron chi connectivity index (χ3n) is 6.90. The molecule has 5 rings (SSSR count). The molecule has 176 valence electrons. The summed E-state index contributed by atoms with van der Waals surface area (Å²) in [7, 11) is 0. The van der Waals surface area contributed by atoms with Crippen molar-refractivity contribution < 1.29 is 0 Å². The van der Waals surface area contributed by atoms with Crippen LogP contribution in [0.3, 0.4) is 0 Å². The molecule has 4 aromatic carbocycles. The molecule has 1 fully saturated rings. The minimum Gasteiger partial charge on any atom is -0.372 e. The first-order chi connectivity index (χ1) is 17.1. The van der Waals surface area contributed by atoms with Gasteiger partial charge in [0.15, 0.2) is 5.36 Å². The van der Waals surface area contributed by atoms with E-state index in [1.54, 1.807) is 24.3 Å². The quantitative estimate of drug-likeness (QED) is 0.363. The van der Waals surface area contributed by atoms with Gasteiger partial charge in [-0.2, -0.15) is 5.10 Å². The Kier molecular flexibility index (Phi) is 6.53. The number of anilines is 1. The van der Waals surface area contributed by atoms with Crippen molar-refractivity contribution in [3.8, 4) is 0 Å². The topological polar surface area (TPSA) is 88.1 Å². The summed E-state index contributed by atoms with van der Waals surface area (Å²) in [4.78, 5) is 32.5. The highest BCUT2D eigenvalue weighted by Gasteiger charge is 2.19. The van der Waals surface area contributed by atoms with Crippen LogP contribution >= 0.6 is 0 Å². The average molecular weight is 465 g/mol. The van der Waals surface area contributed by atoms with Crippen LogP contribution in [0, 0.1) is 5.92 Å². The third-order valence-corrected chi connectivity index (χ3v) is 6.90. The van der Waals surface area contributed by atoms with Gasteiger partial charge in [-0.3, -0.25) is 14.6 Å². The van der Waals surface area contributed by atoms with E-state index in [4.69, 9.17) is 5.84 Å². The molecule has 6 nitrogen and oxygen atoms in total. The van der Waals surface area contributed by atoms with Gasteiger partial charge in [0.1, 0.15) is 5.36 Å². The predicted octanol–water partition coefficient (Wildman–Crippen LogP) is 2.77. The Morgan fingerprint density at radius 2 is 1.34 bits per heavy atom. The Morgan fingerprint density at radius 3 is 1.97 bits per heavy atom. The van der Waals surface area contributed by atoms with Gasteiger partial charge in [0.05, 0.1) is 6.54 Å². The van der Waals surface area contributed by atoms with Crippen molar-refractivity contribution in [2.75, 3.05) is 18.0 Å². The van der Waals surface area contributed by atoms with Crippen LogP contribution in [0.2, 0.25) is 0 Å². The molecule has 1 aliphatic heterocycles. The van der Waals surface area contributed by atoms with E-state index in [1.165, 1.54) is 24.1 Å². The predicted molar refractivity (Wildman–Crippen MR) is 139 cm³/mol. The molecule has 0 amide bonds. The second-order valence-corrected chi connectivity index (χ2v) is 9.13. The Hall–Kier alpha value is -4.06. The van der Waals surface area contributed by atoms with Crippen molar-refractivity contribution in [3.05, 3.63) is 121 Å². The van der Waals surface area contributed by atoms with Crippen LogP contribution in [0.25, 0.3) is 10.8 Å². The molecule has 0 spiro atoms. The van der Waals surface area contributed by atoms with Gasteiger partial charge in [0.25, 0.3) is 0 Å². The maximum Gasteiger partial charge on any atom is 0.216 e. The van der Waals surface area contributed by atoms with Gasteiger partial charge in [0, 0.05) is 29.5 Å². The molecule has 35 heavy (non-hydrogen) atoms. The van der Waals surface area contributed by atoms with Crippen LogP contribution in [0.5, 0.6) is 0 Å². The lowest BCUT2D eigenvalue weighted by Gasteiger charge is -2.33. The molecule has 1 heterocycles. The van der Waals surface area contributed by atoms with Gasteiger partial charge >= 0.3 is 0 Å². The largest absolute Gasteiger partial charge is 0.372 e. The second kappa shape index (κ2) is 10.1. The fraction of sp³-hybridized carbons (Fsp3) is 0.241. The van der Waals surface area contributed by atoms with Gasteiger partial charge in [0.2, 0.25) is 10.9 Å². The molecular formula is C29H28N4O2. The second-order valence-electron chi connectivity index (χ2n) is 9.13. The molecule has 0 saturated carbocycles. The number of benzene rings is 4. The third kappa shape index (κ3) is 4.78. The summed E-state index contributed by atoms with van der Waals surface area (Å²) in [6.45, 7) is 2.37. The number of rotatable bonds is 5. The minimum atomic E-state index is -0.368. The first kappa shape index (κ1) is 22.7. The Labute approximate surface area is 203 Å². The van der Waals surface area contributed by atoms with E-state index in [9.17, 15) is 9.59 Å². The van der Waals surface area contributed by atoms with Crippen molar-refractivity contribution in [2.24, 2.45) is 21.9 Å². The molecule has 1 saturated heterocycles. The van der Waals surface area contributed by atoms with Gasteiger partial charge < -0.3 is 10.7 Å². The van der Waals surface area contributed by atoms with Crippen molar-refractivity contribution in [3.63, 3.8) is 0 Å². The number of hydrogen-bond donors (Lipinski definition) is 1. The number of nitrogens with zero attached hydrogens (tertiary/aromatic N) is 3. The molecule has 4 aromatic rings. The summed E-state index contributed by atoms with van der Waals surface area (Å²) in [5.41, 5.74) is 2.88. The van der Waals surface area contributed by atoms with Crippen LogP contribution < -0.4 is 32.3 Å². The van der Waals surface area contributed by atoms with Gasteiger partial charge in [-0.25, -0.2) is 0 Å². The smallest absolute Gasteiger partial charge is 0.216 e. The Balaban J connectivity index is 1.29. The number of piperidine rings is 1. The molecule has 2 N–H and O–H groups in total. The van der Waals surface area contributed by atoms with E-state index in [-0.39, 0.29) is 28.1 Å². The van der Waals surface area contributed by atoms with Crippen molar-refractivity contribution in [1.82, 2.24) is 0 Å². The van der Waals surface area contributed by atoms with Crippen molar-refractivity contribution >= 4 is 16.5 Å². The van der Waals surface area contributed by atoms with Crippen LogP contribution in [0.15, 0.2) is 98.5 Å². The molecular weight excluding hydrogens is 436 g/mol. The normalized spacial score (nSPS) is 15.7. The summed E-state index contributed by atoms with van der Waals surface area (Å²) in [5, 5.41) is 4.20. The summed E-state index contributed by atoms with van der Waals surface area (Å²) in [5.74, 6) is 6.18. The molecule has 1 aliphatic rings. The summed E-state index contributed by atoms with van der Waals surface area (Å²) < 4.78 is 0. The van der Waals surface area contributed by atoms with E-state index in [0.717, 1.165) is 31.0 Å². The lowest BCUT2D eigenvalue weighted by atomic mass is 9.90. The molecule has 0 bridgehead atoms. The van der Waals surface area contributed by atoms with Crippen LogP contribution in [0.4, 0.5) is 5.69 Å². The standard InChI is InChI=1S/C29H28N4O2/c30-32-27-26(28(34)24-8-4-5-9-25(24)29(27)35)31-19-22-10-12-23(13-11-22)33-16-14-21(15-17-33)18-20-6-2-1-3-7-20/h1-13,21H,14-19,30H2. The van der Waals surface area contributed by atoms with Gasteiger partial charge in [-0.05, 0) is 48.4 Å². The van der Waals surface area contributed by atoms with E-state index in [2.05, 4.69) is 57.5 Å². The van der Waals surface area contributed by atoms with Crippen molar-refractivity contribution in [2.45, 2.75) is 25.8 Å². The summed E-state index contributed by atoms with van der Waals surface area (Å²) in [6.07, 6.45) is 3.51. The lowest BCUT2D eigenvalue weighted by molar-refractivity contribution is 0.404. The molecule has 0 unspecified atom stereocenters. The number of fused-ring (bicyclic) bond motifs is 1. The average Bonchev–Trinajstić information content (AvgIpc) is 2.91. The van der Waals surface area contributed by atoms with E-state index < -0.39 is 0 Å². The highest BCUT2D eigenvalue weighted by Crippen LogP contribution is 2.26. The molecule has 0 aliphatic carbocycles. The zero-order valence-electron chi connectivity index (χ0n) is 19.6. The maximum absolute atomic E-state index is 12.9. The van der Waals surface area contributed by atoms with Crippen LogP contribution in [-0.4, -0.2) is 13.1 Å². The van der Waals surface area contributed by atoms with E-state index >= 15 is 0 Å². The monoisotopic (exact) mass is 464 g/mol. The van der Waals surface area contributed by atoms with Gasteiger partial charge in [-0.1, -0.05) is 66.7 Å². The van der Waals surface area contributed by atoms with Gasteiger partial charge in [-0.15, -0.1) is 0 Å². The van der Waals surface area contributed by atoms with Crippen LogP contribution in [0.1, 0.15) is 24.0 Å². The fourth-order valence-corrected chi connectivity index (χ4v) is 4.94. The zero-order valence-corrected chi connectivity index (χ0v) is 19.6. The van der Waals surface area contributed by atoms with Crippen LogP contribution in [-0.2, 0) is 13.0 Å². The number of nitrogens with two attached hydrogens (primary N) is 1. The summed E-state index contributed by atoms with van der Waals surface area (Å²) in [6, 6.07) is 25.7. The maximum atomic E-state index is 12.9. The molecule has 6 heteroatoms. The fourth-order valence-electron chi connectivity index (χ4n) is 4.94. The highest BCUT2D eigenvalue weighted by molar-refractivity contribution is 5.81. The Morgan fingerprint density at radius 1 is 0.743 bits per heavy atom. The molecule has 0 atom stereocenters. The highest BCUT2D eigenvalue weighted by atomic mass is 16.1. The summed E-state index contributed by atoms with van der Waals surface area (Å²) >= 11 is 0. The minimum absolute atomic E-state index is 0.0285. The first-order valence-corrected chi connectivity index (χ1v) is 12.0. The number of hydrogen-bond acceptors (Lipinski definition) is 6. The van der Waals surface area contributed by atoms with Crippen molar-refractivity contribution in [1.29, 1.82) is 0 Å². The molecule has 0 radical (unpaired) electrons. The SMILES string of the molecule is NN=c1c(=NCc2ccc(N3CCC(Cc4ccccc4)CC3)cc2)c(=O)c2ccccc2c1=O. The Bertz CT molecular complexity index is 1550. The molecule has 0 aromatic heterocycles.